The number of aromatic nitrogens is 1. The van der Waals surface area contributed by atoms with E-state index in [9.17, 15) is 9.59 Å². The minimum Gasteiger partial charge on any atom is -0.361 e. The Morgan fingerprint density at radius 3 is 2.92 bits per heavy atom. The Morgan fingerprint density at radius 2 is 2.08 bits per heavy atom. The van der Waals surface area contributed by atoms with Crippen LogP contribution in [-0.2, 0) is 16.1 Å². The fraction of sp³-hybridized carbons (Fsp3) is 0.200. The van der Waals surface area contributed by atoms with Crippen LogP contribution in [0, 0.1) is 0 Å². The molecule has 2 N–H and O–H groups in total. The first-order valence-electron chi connectivity index (χ1n) is 8.53. The average molecular weight is 412 g/mol. The number of benzene rings is 2. The van der Waals surface area contributed by atoms with E-state index in [0.717, 1.165) is 26.6 Å². The molecule has 0 bridgehead atoms. The van der Waals surface area contributed by atoms with Crippen molar-refractivity contribution in [2.75, 3.05) is 5.32 Å². The second-order valence-electron chi connectivity index (χ2n) is 6.44. The van der Waals surface area contributed by atoms with Crippen LogP contribution < -0.4 is 5.32 Å². The number of aromatic amines is 1. The second kappa shape index (κ2) is 6.96. The molecule has 0 aliphatic carbocycles. The molecule has 0 spiro atoms. The molecule has 2 amide bonds. The number of H-pyrrole nitrogens is 1. The monoisotopic (exact) mass is 411 g/mol. The van der Waals surface area contributed by atoms with Crippen molar-refractivity contribution in [3.8, 4) is 0 Å². The van der Waals surface area contributed by atoms with Gasteiger partial charge in [0.2, 0.25) is 11.8 Å². The predicted octanol–water partition coefficient (Wildman–Crippen LogP) is 4.06. The van der Waals surface area contributed by atoms with E-state index in [4.69, 9.17) is 0 Å². The molecular formula is C20H18BrN3O2. The molecule has 26 heavy (non-hydrogen) atoms. The molecule has 1 fully saturated rings. The summed E-state index contributed by atoms with van der Waals surface area (Å²) in [6, 6.07) is 15.0. The number of hydrogen-bond donors (Lipinski definition) is 2. The quantitative estimate of drug-likeness (QED) is 0.679. The highest BCUT2D eigenvalue weighted by Gasteiger charge is 2.36. The fourth-order valence-electron chi connectivity index (χ4n) is 3.44. The van der Waals surface area contributed by atoms with Crippen LogP contribution in [0.4, 0.5) is 5.69 Å². The molecule has 6 heteroatoms. The van der Waals surface area contributed by atoms with Crippen LogP contribution >= 0.6 is 15.9 Å². The molecule has 1 aliphatic rings. The van der Waals surface area contributed by atoms with E-state index >= 15 is 0 Å². The van der Waals surface area contributed by atoms with Gasteiger partial charge in [-0.15, -0.1) is 0 Å². The molecule has 4 rings (SSSR count). The van der Waals surface area contributed by atoms with Crippen molar-refractivity contribution in [2.24, 2.45) is 0 Å². The van der Waals surface area contributed by atoms with Crippen LogP contribution in [-0.4, -0.2) is 27.7 Å². The van der Waals surface area contributed by atoms with Crippen molar-refractivity contribution in [2.45, 2.75) is 25.4 Å². The fourth-order valence-corrected chi connectivity index (χ4v) is 3.84. The molecule has 5 nitrogen and oxygen atoms in total. The average Bonchev–Trinajstić information content (AvgIpc) is 3.20. The highest BCUT2D eigenvalue weighted by molar-refractivity contribution is 9.10. The number of nitrogens with one attached hydrogen (secondary N) is 2. The van der Waals surface area contributed by atoms with E-state index in [0.29, 0.717) is 19.4 Å². The molecule has 132 valence electrons. The zero-order chi connectivity index (χ0) is 18.1. The van der Waals surface area contributed by atoms with Gasteiger partial charge in [-0.05, 0) is 36.2 Å². The number of nitrogens with zero attached hydrogens (tertiary/aromatic N) is 1. The molecular weight excluding hydrogens is 394 g/mol. The number of fused-ring (bicyclic) bond motifs is 1. The van der Waals surface area contributed by atoms with E-state index in [1.54, 1.807) is 4.90 Å². The number of anilines is 1. The second-order valence-corrected chi connectivity index (χ2v) is 7.35. The van der Waals surface area contributed by atoms with Crippen molar-refractivity contribution in [1.82, 2.24) is 9.88 Å². The Bertz CT molecular complexity index is 982. The largest absolute Gasteiger partial charge is 0.361 e. The number of carbonyl (C=O) groups excluding carboxylic acids is 2. The molecule has 1 saturated heterocycles. The van der Waals surface area contributed by atoms with E-state index in [1.165, 1.54) is 0 Å². The number of likely N-dealkylation sites (tertiary alicyclic amines) is 1. The maximum absolute atomic E-state index is 12.7. The molecule has 1 aliphatic heterocycles. The van der Waals surface area contributed by atoms with Gasteiger partial charge in [-0.1, -0.05) is 40.2 Å². The summed E-state index contributed by atoms with van der Waals surface area (Å²) in [5.74, 6) is -0.126. The molecule has 0 saturated carbocycles. The van der Waals surface area contributed by atoms with Crippen LogP contribution in [0.15, 0.2) is 59.2 Å². The number of para-hydroxylation sites is 1. The van der Waals surface area contributed by atoms with E-state index in [1.807, 2.05) is 54.7 Å². The lowest BCUT2D eigenvalue weighted by Crippen LogP contribution is -2.41. The van der Waals surface area contributed by atoms with Gasteiger partial charge in [0.25, 0.3) is 0 Å². The lowest BCUT2D eigenvalue weighted by atomic mass is 10.1. The molecule has 0 radical (unpaired) electrons. The third-order valence-corrected chi connectivity index (χ3v) is 5.23. The summed E-state index contributed by atoms with van der Waals surface area (Å²) in [5.41, 5.74) is 2.77. The van der Waals surface area contributed by atoms with Gasteiger partial charge in [-0.2, -0.15) is 0 Å². The van der Waals surface area contributed by atoms with Crippen LogP contribution in [0.1, 0.15) is 18.4 Å². The first kappa shape index (κ1) is 16.8. The molecule has 1 aromatic heterocycles. The minimum atomic E-state index is -0.449. The Morgan fingerprint density at radius 1 is 1.23 bits per heavy atom. The van der Waals surface area contributed by atoms with Crippen molar-refractivity contribution in [3.63, 3.8) is 0 Å². The Labute approximate surface area is 159 Å². The normalized spacial score (nSPS) is 17.0. The zero-order valence-electron chi connectivity index (χ0n) is 14.0. The summed E-state index contributed by atoms with van der Waals surface area (Å²) in [6.45, 7) is 0.430. The first-order chi connectivity index (χ1) is 12.6. The Balaban J connectivity index is 1.54. The van der Waals surface area contributed by atoms with Crippen molar-refractivity contribution >= 4 is 44.3 Å². The summed E-state index contributed by atoms with van der Waals surface area (Å²) in [4.78, 5) is 30.0. The maximum atomic E-state index is 12.7. The topological polar surface area (TPSA) is 65.2 Å². The SMILES string of the molecule is O=C(Nc1cccc(Br)c1)C1CCC(=O)N1Cc1c[nH]c2ccccc12. The molecule has 1 atom stereocenters. The number of carbonyl (C=O) groups is 2. The number of halogens is 1. The number of rotatable bonds is 4. The summed E-state index contributed by atoms with van der Waals surface area (Å²) in [5, 5.41) is 4.00. The lowest BCUT2D eigenvalue weighted by molar-refractivity contribution is -0.133. The lowest BCUT2D eigenvalue weighted by Gasteiger charge is -2.24. The molecule has 2 aromatic carbocycles. The van der Waals surface area contributed by atoms with Gasteiger partial charge in [-0.3, -0.25) is 9.59 Å². The number of amides is 2. The predicted molar refractivity (Wildman–Crippen MR) is 105 cm³/mol. The third kappa shape index (κ3) is 3.24. The smallest absolute Gasteiger partial charge is 0.247 e. The summed E-state index contributed by atoms with van der Waals surface area (Å²) in [6.07, 6.45) is 2.86. The van der Waals surface area contributed by atoms with Crippen LogP contribution in [0.5, 0.6) is 0 Å². The summed E-state index contributed by atoms with van der Waals surface area (Å²) < 4.78 is 0.897. The van der Waals surface area contributed by atoms with E-state index in [-0.39, 0.29) is 11.8 Å². The van der Waals surface area contributed by atoms with E-state index < -0.39 is 6.04 Å². The zero-order valence-corrected chi connectivity index (χ0v) is 15.6. The highest BCUT2D eigenvalue weighted by Crippen LogP contribution is 2.26. The van der Waals surface area contributed by atoms with Gasteiger partial charge in [0.15, 0.2) is 0 Å². The van der Waals surface area contributed by atoms with Crippen molar-refractivity contribution in [1.29, 1.82) is 0 Å². The minimum absolute atomic E-state index is 0.0182. The number of hydrogen-bond acceptors (Lipinski definition) is 2. The van der Waals surface area contributed by atoms with Crippen LogP contribution in [0.2, 0.25) is 0 Å². The third-order valence-electron chi connectivity index (χ3n) is 4.74. The van der Waals surface area contributed by atoms with Crippen molar-refractivity contribution in [3.05, 3.63) is 64.8 Å². The van der Waals surface area contributed by atoms with Gasteiger partial charge < -0.3 is 15.2 Å². The van der Waals surface area contributed by atoms with Gasteiger partial charge >= 0.3 is 0 Å². The standard InChI is InChI=1S/C20H18BrN3O2/c21-14-4-3-5-15(10-14)23-20(26)18-8-9-19(25)24(18)12-13-11-22-17-7-2-1-6-16(13)17/h1-7,10-11,18,22H,8-9,12H2,(H,23,26). The van der Waals surface area contributed by atoms with Gasteiger partial charge in [0.1, 0.15) is 6.04 Å². The molecule has 3 aromatic rings. The summed E-state index contributed by atoms with van der Waals surface area (Å²) >= 11 is 3.40. The van der Waals surface area contributed by atoms with Crippen LogP contribution in [0.3, 0.4) is 0 Å². The summed E-state index contributed by atoms with van der Waals surface area (Å²) in [7, 11) is 0. The van der Waals surface area contributed by atoms with E-state index in [2.05, 4.69) is 26.2 Å². The highest BCUT2D eigenvalue weighted by atomic mass is 79.9. The molecule has 2 heterocycles. The van der Waals surface area contributed by atoms with Crippen molar-refractivity contribution < 1.29 is 9.59 Å². The maximum Gasteiger partial charge on any atom is 0.247 e. The van der Waals surface area contributed by atoms with Crippen LogP contribution in [0.25, 0.3) is 10.9 Å². The van der Waals surface area contributed by atoms with Gasteiger partial charge in [-0.25, -0.2) is 0 Å². The first-order valence-corrected chi connectivity index (χ1v) is 9.32. The Hall–Kier alpha value is -2.60. The van der Waals surface area contributed by atoms with Gasteiger partial charge in [0, 0.05) is 40.2 Å². The van der Waals surface area contributed by atoms with Gasteiger partial charge in [0.05, 0.1) is 0 Å². The Kier molecular flexibility index (Phi) is 4.51. The molecule has 1 unspecified atom stereocenters.